The minimum Gasteiger partial charge on any atom is -0.469 e. The number of methoxy groups -OCH3 is 2. The average Bonchev–Trinajstić information content (AvgIpc) is 3.14. The SMILES string of the molecule is COC(=O)[C@H]1C[C@H]2COC(=O)[C@@]2(C(=O)OC)C(c2ccccc2)=C1c1ccccc1. The number of fused-ring (bicyclic) bond motifs is 1. The third-order valence-electron chi connectivity index (χ3n) is 6.02. The van der Waals surface area contributed by atoms with Gasteiger partial charge in [-0.25, -0.2) is 0 Å². The van der Waals surface area contributed by atoms with Gasteiger partial charge in [0.25, 0.3) is 0 Å². The van der Waals surface area contributed by atoms with E-state index < -0.39 is 35.2 Å². The number of hydrogen-bond donors (Lipinski definition) is 0. The van der Waals surface area contributed by atoms with Crippen LogP contribution in [0.3, 0.4) is 0 Å². The van der Waals surface area contributed by atoms with Gasteiger partial charge in [-0.05, 0) is 28.7 Å². The van der Waals surface area contributed by atoms with E-state index in [1.165, 1.54) is 14.2 Å². The summed E-state index contributed by atoms with van der Waals surface area (Å²) < 4.78 is 15.6. The molecule has 6 nitrogen and oxygen atoms in total. The molecule has 0 spiro atoms. The molecular formula is C24H22O6. The summed E-state index contributed by atoms with van der Waals surface area (Å²) in [4.78, 5) is 39.2. The van der Waals surface area contributed by atoms with E-state index in [0.717, 1.165) is 5.56 Å². The van der Waals surface area contributed by atoms with Crippen LogP contribution in [0.5, 0.6) is 0 Å². The van der Waals surface area contributed by atoms with E-state index in [9.17, 15) is 14.4 Å². The van der Waals surface area contributed by atoms with Gasteiger partial charge in [-0.3, -0.25) is 14.4 Å². The molecule has 0 bridgehead atoms. The molecule has 154 valence electrons. The van der Waals surface area contributed by atoms with E-state index in [1.54, 1.807) is 0 Å². The fourth-order valence-corrected chi connectivity index (χ4v) is 4.74. The zero-order valence-electron chi connectivity index (χ0n) is 16.8. The first-order valence-corrected chi connectivity index (χ1v) is 9.74. The Labute approximate surface area is 174 Å². The Morgan fingerprint density at radius 3 is 2.10 bits per heavy atom. The highest BCUT2D eigenvalue weighted by molar-refractivity contribution is 6.20. The van der Waals surface area contributed by atoms with Gasteiger partial charge in [0.2, 0.25) is 0 Å². The van der Waals surface area contributed by atoms with Crippen LogP contribution < -0.4 is 0 Å². The molecule has 0 saturated carbocycles. The molecule has 1 heterocycles. The first-order chi connectivity index (χ1) is 14.6. The second kappa shape index (κ2) is 7.78. The van der Waals surface area contributed by atoms with Crippen molar-refractivity contribution in [2.75, 3.05) is 20.8 Å². The molecule has 1 aliphatic carbocycles. The van der Waals surface area contributed by atoms with E-state index in [4.69, 9.17) is 14.2 Å². The van der Waals surface area contributed by atoms with Crippen molar-refractivity contribution in [3.63, 3.8) is 0 Å². The Bertz CT molecular complexity index is 1010. The maximum atomic E-state index is 13.2. The Kier molecular flexibility index (Phi) is 5.16. The molecule has 0 N–H and O–H groups in total. The lowest BCUT2D eigenvalue weighted by molar-refractivity contribution is -0.161. The van der Waals surface area contributed by atoms with Gasteiger partial charge in [-0.2, -0.15) is 0 Å². The van der Waals surface area contributed by atoms with Gasteiger partial charge < -0.3 is 14.2 Å². The van der Waals surface area contributed by atoms with Crippen molar-refractivity contribution in [1.82, 2.24) is 0 Å². The molecule has 2 aromatic carbocycles. The van der Waals surface area contributed by atoms with Crippen molar-refractivity contribution < 1.29 is 28.6 Å². The zero-order valence-corrected chi connectivity index (χ0v) is 16.8. The number of ether oxygens (including phenoxy) is 3. The normalized spacial score (nSPS) is 25.3. The van der Waals surface area contributed by atoms with Gasteiger partial charge in [0.05, 0.1) is 26.7 Å². The standard InChI is InChI=1S/C24H22O6/c1-28-21(25)18-13-17-14-30-23(27)24(17,22(26)29-2)20(16-11-7-4-8-12-16)19(18)15-9-5-3-6-10-15/h3-12,17-18H,13-14H2,1-2H3/t17-,18-,24+/m0/s1. The van der Waals surface area contributed by atoms with Crippen LogP contribution in [0.1, 0.15) is 17.5 Å². The Balaban J connectivity index is 2.14. The first kappa shape index (κ1) is 19.9. The number of carbonyl (C=O) groups excluding carboxylic acids is 3. The predicted molar refractivity (Wildman–Crippen MR) is 109 cm³/mol. The quantitative estimate of drug-likeness (QED) is 0.441. The molecule has 1 saturated heterocycles. The van der Waals surface area contributed by atoms with Crippen molar-refractivity contribution in [3.05, 3.63) is 71.8 Å². The monoisotopic (exact) mass is 406 g/mol. The highest BCUT2D eigenvalue weighted by Gasteiger charge is 2.65. The van der Waals surface area contributed by atoms with Crippen LogP contribution in [-0.4, -0.2) is 38.7 Å². The number of esters is 3. The molecule has 1 fully saturated rings. The largest absolute Gasteiger partial charge is 0.469 e. The predicted octanol–water partition coefficient (Wildman–Crippen LogP) is 3.12. The van der Waals surface area contributed by atoms with Gasteiger partial charge >= 0.3 is 17.9 Å². The summed E-state index contributed by atoms with van der Waals surface area (Å²) in [6, 6.07) is 18.4. The van der Waals surface area contributed by atoms with E-state index in [0.29, 0.717) is 16.7 Å². The second-order valence-electron chi connectivity index (χ2n) is 7.43. The topological polar surface area (TPSA) is 78.9 Å². The highest BCUT2D eigenvalue weighted by atomic mass is 16.6. The van der Waals surface area contributed by atoms with Gasteiger partial charge in [-0.1, -0.05) is 60.7 Å². The van der Waals surface area contributed by atoms with E-state index >= 15 is 0 Å². The second-order valence-corrected chi connectivity index (χ2v) is 7.43. The summed E-state index contributed by atoms with van der Waals surface area (Å²) >= 11 is 0. The summed E-state index contributed by atoms with van der Waals surface area (Å²) in [7, 11) is 2.60. The zero-order chi connectivity index (χ0) is 21.3. The van der Waals surface area contributed by atoms with Crippen LogP contribution in [0.2, 0.25) is 0 Å². The Hall–Kier alpha value is -3.41. The number of rotatable bonds is 4. The van der Waals surface area contributed by atoms with Gasteiger partial charge in [0, 0.05) is 5.92 Å². The molecule has 2 aromatic rings. The number of benzene rings is 2. The molecule has 0 radical (unpaired) electrons. The fourth-order valence-electron chi connectivity index (χ4n) is 4.74. The third kappa shape index (κ3) is 2.83. The molecule has 1 aliphatic heterocycles. The summed E-state index contributed by atoms with van der Waals surface area (Å²) in [5.41, 5.74) is 0.822. The lowest BCUT2D eigenvalue weighted by Crippen LogP contribution is -2.48. The van der Waals surface area contributed by atoms with Crippen LogP contribution in [0, 0.1) is 17.3 Å². The van der Waals surface area contributed by atoms with Crippen LogP contribution >= 0.6 is 0 Å². The smallest absolute Gasteiger partial charge is 0.328 e. The molecular weight excluding hydrogens is 384 g/mol. The molecule has 6 heteroatoms. The van der Waals surface area contributed by atoms with Crippen LogP contribution in [0.4, 0.5) is 0 Å². The highest BCUT2D eigenvalue weighted by Crippen LogP contribution is 2.58. The van der Waals surface area contributed by atoms with E-state index in [1.807, 2.05) is 60.7 Å². The maximum absolute atomic E-state index is 13.2. The molecule has 0 amide bonds. The lowest BCUT2D eigenvalue weighted by atomic mass is 9.58. The summed E-state index contributed by atoms with van der Waals surface area (Å²) in [6.45, 7) is 0.0415. The lowest BCUT2D eigenvalue weighted by Gasteiger charge is -2.40. The van der Waals surface area contributed by atoms with Gasteiger partial charge in [0.15, 0.2) is 5.41 Å². The molecule has 2 aliphatic rings. The molecule has 0 aromatic heterocycles. The Morgan fingerprint density at radius 2 is 1.53 bits per heavy atom. The van der Waals surface area contributed by atoms with E-state index in [2.05, 4.69) is 0 Å². The third-order valence-corrected chi connectivity index (χ3v) is 6.02. The van der Waals surface area contributed by atoms with Crippen molar-refractivity contribution >= 4 is 29.1 Å². The van der Waals surface area contributed by atoms with Crippen molar-refractivity contribution in [2.24, 2.45) is 17.3 Å². The van der Waals surface area contributed by atoms with Gasteiger partial charge in [0.1, 0.15) is 0 Å². The van der Waals surface area contributed by atoms with Crippen LogP contribution in [-0.2, 0) is 28.6 Å². The van der Waals surface area contributed by atoms with Crippen LogP contribution in [0.25, 0.3) is 11.1 Å². The van der Waals surface area contributed by atoms with Crippen molar-refractivity contribution in [2.45, 2.75) is 6.42 Å². The van der Waals surface area contributed by atoms with Gasteiger partial charge in [-0.15, -0.1) is 0 Å². The van der Waals surface area contributed by atoms with Crippen molar-refractivity contribution in [3.8, 4) is 0 Å². The Morgan fingerprint density at radius 1 is 0.933 bits per heavy atom. The van der Waals surface area contributed by atoms with E-state index in [-0.39, 0.29) is 13.0 Å². The van der Waals surface area contributed by atoms with Crippen LogP contribution in [0.15, 0.2) is 60.7 Å². The summed E-state index contributed by atoms with van der Waals surface area (Å²) in [6.07, 6.45) is 0.244. The fraction of sp³-hybridized carbons (Fsp3) is 0.292. The molecule has 4 rings (SSSR count). The summed E-state index contributed by atoms with van der Waals surface area (Å²) in [5.74, 6) is -2.92. The maximum Gasteiger partial charge on any atom is 0.328 e. The molecule has 3 atom stereocenters. The minimum atomic E-state index is -1.63. The molecule has 30 heavy (non-hydrogen) atoms. The molecule has 0 unspecified atom stereocenters. The first-order valence-electron chi connectivity index (χ1n) is 9.74. The van der Waals surface area contributed by atoms with Crippen molar-refractivity contribution in [1.29, 1.82) is 0 Å². The average molecular weight is 406 g/mol. The number of hydrogen-bond acceptors (Lipinski definition) is 6. The number of carbonyl (C=O) groups is 3. The number of cyclic esters (lactones) is 1. The summed E-state index contributed by atoms with van der Waals surface area (Å²) in [5, 5.41) is 0. The minimum absolute atomic E-state index is 0.0415.